The standard InChI is InChI=1S/C10H11ClN2O/c1-3-5-8-7-9(10(11)14)13(12-8)6-4-2/h3-4,7H,1-2,5-6H2. The zero-order valence-electron chi connectivity index (χ0n) is 7.74. The molecule has 0 amide bonds. The van der Waals surface area contributed by atoms with E-state index in [1.54, 1.807) is 18.2 Å². The maximum atomic E-state index is 11.0. The predicted octanol–water partition coefficient (Wildman–Crippen LogP) is 2.18. The van der Waals surface area contributed by atoms with Gasteiger partial charge in [0.25, 0.3) is 5.24 Å². The van der Waals surface area contributed by atoms with Crippen LogP contribution < -0.4 is 0 Å². The average molecular weight is 211 g/mol. The molecule has 0 saturated carbocycles. The largest absolute Gasteiger partial charge is 0.274 e. The van der Waals surface area contributed by atoms with Gasteiger partial charge in [0.15, 0.2) is 0 Å². The number of aromatic nitrogens is 2. The van der Waals surface area contributed by atoms with Crippen LogP contribution in [0.4, 0.5) is 0 Å². The summed E-state index contributed by atoms with van der Waals surface area (Å²) < 4.78 is 1.53. The van der Waals surface area contributed by atoms with Crippen LogP contribution >= 0.6 is 11.6 Å². The summed E-state index contributed by atoms with van der Waals surface area (Å²) in [5.74, 6) is 0. The highest BCUT2D eigenvalue weighted by molar-refractivity contribution is 6.67. The van der Waals surface area contributed by atoms with Crippen LogP contribution in [-0.2, 0) is 13.0 Å². The van der Waals surface area contributed by atoms with Crippen molar-refractivity contribution < 1.29 is 4.79 Å². The van der Waals surface area contributed by atoms with Crippen LogP contribution in [-0.4, -0.2) is 15.0 Å². The number of nitrogens with zero attached hydrogens (tertiary/aromatic N) is 2. The molecule has 0 unspecified atom stereocenters. The molecule has 4 heteroatoms. The first-order valence-corrected chi connectivity index (χ1v) is 4.55. The minimum Gasteiger partial charge on any atom is -0.274 e. The SMILES string of the molecule is C=CCc1cc(C(=O)Cl)n(CC=C)n1. The van der Waals surface area contributed by atoms with E-state index >= 15 is 0 Å². The van der Waals surface area contributed by atoms with Crippen molar-refractivity contribution in [3.8, 4) is 0 Å². The molecule has 0 spiro atoms. The molecule has 74 valence electrons. The Morgan fingerprint density at radius 1 is 1.57 bits per heavy atom. The Labute approximate surface area is 87.7 Å². The van der Waals surface area contributed by atoms with Gasteiger partial charge in [0, 0.05) is 6.42 Å². The molecule has 0 aliphatic rings. The van der Waals surface area contributed by atoms with Gasteiger partial charge in [-0.25, -0.2) is 0 Å². The van der Waals surface area contributed by atoms with Crippen molar-refractivity contribution in [2.75, 3.05) is 0 Å². The van der Waals surface area contributed by atoms with Crippen molar-refractivity contribution in [3.63, 3.8) is 0 Å². The van der Waals surface area contributed by atoms with Crippen molar-refractivity contribution in [1.82, 2.24) is 9.78 Å². The molecule has 0 atom stereocenters. The molecule has 0 bridgehead atoms. The smallest absolute Gasteiger partial charge is 0.270 e. The number of allylic oxidation sites excluding steroid dienone is 2. The Balaban J connectivity index is 3.04. The third-order valence-corrected chi connectivity index (χ3v) is 1.88. The number of carbonyl (C=O) groups is 1. The zero-order valence-corrected chi connectivity index (χ0v) is 8.50. The number of hydrogen-bond acceptors (Lipinski definition) is 2. The van der Waals surface area contributed by atoms with Crippen LogP contribution in [0.5, 0.6) is 0 Å². The van der Waals surface area contributed by atoms with Crippen molar-refractivity contribution >= 4 is 16.8 Å². The van der Waals surface area contributed by atoms with Crippen molar-refractivity contribution in [2.45, 2.75) is 13.0 Å². The summed E-state index contributed by atoms with van der Waals surface area (Å²) >= 11 is 5.40. The van der Waals surface area contributed by atoms with E-state index in [2.05, 4.69) is 18.3 Å². The van der Waals surface area contributed by atoms with Crippen LogP contribution in [0.3, 0.4) is 0 Å². The van der Waals surface area contributed by atoms with Crippen LogP contribution in [0, 0.1) is 0 Å². The monoisotopic (exact) mass is 210 g/mol. The second kappa shape index (κ2) is 4.77. The summed E-state index contributed by atoms with van der Waals surface area (Å²) in [7, 11) is 0. The van der Waals surface area contributed by atoms with Gasteiger partial charge in [-0.05, 0) is 17.7 Å². The van der Waals surface area contributed by atoms with Crippen LogP contribution in [0.2, 0.25) is 0 Å². The number of carbonyl (C=O) groups excluding carboxylic acids is 1. The van der Waals surface area contributed by atoms with Gasteiger partial charge in [-0.2, -0.15) is 5.10 Å². The molecular weight excluding hydrogens is 200 g/mol. The van der Waals surface area contributed by atoms with Gasteiger partial charge in [0.2, 0.25) is 0 Å². The van der Waals surface area contributed by atoms with Crippen LogP contribution in [0.1, 0.15) is 16.2 Å². The number of hydrogen-bond donors (Lipinski definition) is 0. The maximum Gasteiger partial charge on any atom is 0.270 e. The molecule has 0 fully saturated rings. The predicted molar refractivity (Wildman–Crippen MR) is 56.5 cm³/mol. The van der Waals surface area contributed by atoms with Crippen LogP contribution in [0.15, 0.2) is 31.4 Å². The normalized spacial score (nSPS) is 9.79. The molecule has 0 aromatic carbocycles. The molecule has 1 aromatic heterocycles. The lowest BCUT2D eigenvalue weighted by molar-refractivity contribution is 0.107. The molecule has 1 heterocycles. The molecule has 0 radical (unpaired) electrons. The van der Waals surface area contributed by atoms with Crippen LogP contribution in [0.25, 0.3) is 0 Å². The fraction of sp³-hybridized carbons (Fsp3) is 0.200. The summed E-state index contributed by atoms with van der Waals surface area (Å²) in [5, 5.41) is 3.67. The van der Waals surface area contributed by atoms with Gasteiger partial charge in [0.05, 0.1) is 12.2 Å². The number of rotatable bonds is 5. The van der Waals surface area contributed by atoms with Crippen molar-refractivity contribution in [1.29, 1.82) is 0 Å². The lowest BCUT2D eigenvalue weighted by atomic mass is 10.3. The first kappa shape index (κ1) is 10.7. The summed E-state index contributed by atoms with van der Waals surface area (Å²) in [4.78, 5) is 11.0. The summed E-state index contributed by atoms with van der Waals surface area (Å²) in [6.45, 7) is 7.65. The van der Waals surface area contributed by atoms with E-state index in [-0.39, 0.29) is 0 Å². The molecule has 0 aliphatic heterocycles. The molecule has 3 nitrogen and oxygen atoms in total. The van der Waals surface area contributed by atoms with Crippen molar-refractivity contribution in [2.24, 2.45) is 0 Å². The lowest BCUT2D eigenvalue weighted by Gasteiger charge is -1.98. The maximum absolute atomic E-state index is 11.0. The Bertz CT molecular complexity index is 368. The molecule has 0 saturated heterocycles. The van der Waals surface area contributed by atoms with E-state index in [9.17, 15) is 4.79 Å². The Kier molecular flexibility index (Phi) is 3.65. The quantitative estimate of drug-likeness (QED) is 0.552. The third-order valence-electron chi connectivity index (χ3n) is 1.69. The minimum absolute atomic E-state index is 0.392. The van der Waals surface area contributed by atoms with Gasteiger partial charge >= 0.3 is 0 Å². The van der Waals surface area contributed by atoms with Gasteiger partial charge in [-0.3, -0.25) is 9.48 Å². The highest BCUT2D eigenvalue weighted by atomic mass is 35.5. The van der Waals surface area contributed by atoms with Gasteiger partial charge in [-0.15, -0.1) is 13.2 Å². The number of halogens is 1. The minimum atomic E-state index is -0.505. The second-order valence-corrected chi connectivity index (χ2v) is 3.10. The zero-order chi connectivity index (χ0) is 10.6. The fourth-order valence-corrected chi connectivity index (χ4v) is 1.29. The Hall–Kier alpha value is -1.35. The summed E-state index contributed by atoms with van der Waals surface area (Å²) in [6, 6.07) is 1.67. The van der Waals surface area contributed by atoms with Gasteiger partial charge < -0.3 is 0 Å². The topological polar surface area (TPSA) is 34.9 Å². The molecular formula is C10H11ClN2O. The fourth-order valence-electron chi connectivity index (χ4n) is 1.14. The first-order chi connectivity index (χ1) is 6.69. The van der Waals surface area contributed by atoms with Crippen molar-refractivity contribution in [3.05, 3.63) is 42.8 Å². The molecule has 14 heavy (non-hydrogen) atoms. The van der Waals surface area contributed by atoms with Gasteiger partial charge in [-0.1, -0.05) is 12.2 Å². The summed E-state index contributed by atoms with van der Waals surface area (Å²) in [6.07, 6.45) is 4.01. The second-order valence-electron chi connectivity index (χ2n) is 2.76. The molecule has 1 rings (SSSR count). The first-order valence-electron chi connectivity index (χ1n) is 4.17. The van der Waals surface area contributed by atoms with E-state index < -0.39 is 5.24 Å². The average Bonchev–Trinajstić information content (AvgIpc) is 2.49. The van der Waals surface area contributed by atoms with E-state index in [0.29, 0.717) is 18.7 Å². The van der Waals surface area contributed by atoms with E-state index in [1.165, 1.54) is 4.68 Å². The highest BCUT2D eigenvalue weighted by Crippen LogP contribution is 2.08. The van der Waals surface area contributed by atoms with Gasteiger partial charge in [0.1, 0.15) is 5.69 Å². The highest BCUT2D eigenvalue weighted by Gasteiger charge is 2.11. The molecule has 0 N–H and O–H groups in total. The Morgan fingerprint density at radius 2 is 2.29 bits per heavy atom. The third kappa shape index (κ3) is 2.33. The van der Waals surface area contributed by atoms with E-state index in [1.807, 2.05) is 0 Å². The lowest BCUT2D eigenvalue weighted by Crippen LogP contribution is -2.05. The summed E-state index contributed by atoms with van der Waals surface area (Å²) in [5.41, 5.74) is 1.18. The van der Waals surface area contributed by atoms with E-state index in [0.717, 1.165) is 5.69 Å². The molecule has 0 aliphatic carbocycles. The van der Waals surface area contributed by atoms with E-state index in [4.69, 9.17) is 11.6 Å². The molecule has 1 aromatic rings. The Morgan fingerprint density at radius 3 is 2.79 bits per heavy atom.